The van der Waals surface area contributed by atoms with Gasteiger partial charge in [-0.15, -0.1) is 0 Å². The molecule has 1 aromatic heterocycles. The van der Waals surface area contributed by atoms with Crippen molar-refractivity contribution in [1.82, 2.24) is 15.0 Å². The molecule has 6 heteroatoms. The maximum absolute atomic E-state index is 12.4. The number of sulfonamides is 1. The number of rotatable bonds is 8. The van der Waals surface area contributed by atoms with Crippen LogP contribution in [0.2, 0.25) is 0 Å². The van der Waals surface area contributed by atoms with E-state index in [9.17, 15) is 8.42 Å². The normalized spacial score (nSPS) is 13.4. The molecular formula is C16H23N3O2S. The van der Waals surface area contributed by atoms with Crippen LogP contribution in [0.1, 0.15) is 26.7 Å². The molecule has 120 valence electrons. The maximum atomic E-state index is 12.4. The molecule has 1 heterocycles. The molecular weight excluding hydrogens is 298 g/mol. The zero-order chi connectivity index (χ0) is 16.0. The highest BCUT2D eigenvalue weighted by Gasteiger charge is 2.15. The summed E-state index contributed by atoms with van der Waals surface area (Å²) in [5.74, 6) is 0. The minimum absolute atomic E-state index is 0.103. The number of benzene rings is 1. The van der Waals surface area contributed by atoms with Gasteiger partial charge in [0.25, 0.3) is 0 Å². The molecule has 0 saturated carbocycles. The van der Waals surface area contributed by atoms with Crippen molar-refractivity contribution in [3.8, 4) is 0 Å². The quantitative estimate of drug-likeness (QED) is 0.732. The van der Waals surface area contributed by atoms with E-state index in [-0.39, 0.29) is 10.9 Å². The Labute approximate surface area is 132 Å². The topological polar surface area (TPSA) is 71.1 Å². The number of hydrogen-bond acceptors (Lipinski definition) is 4. The molecule has 5 nitrogen and oxygen atoms in total. The van der Waals surface area contributed by atoms with Crippen molar-refractivity contribution in [2.45, 2.75) is 37.6 Å². The molecule has 0 saturated heterocycles. The van der Waals surface area contributed by atoms with Crippen molar-refractivity contribution in [3.05, 3.63) is 36.7 Å². The first-order valence-electron chi connectivity index (χ1n) is 7.60. The van der Waals surface area contributed by atoms with Gasteiger partial charge in [-0.2, -0.15) is 0 Å². The number of hydrogen-bond donors (Lipinski definition) is 2. The third kappa shape index (κ3) is 4.50. The number of aromatic nitrogens is 1. The van der Waals surface area contributed by atoms with Gasteiger partial charge in [0.1, 0.15) is 0 Å². The molecule has 0 aliphatic heterocycles. The summed E-state index contributed by atoms with van der Waals surface area (Å²) in [5.41, 5.74) is 0. The van der Waals surface area contributed by atoms with Crippen molar-refractivity contribution in [1.29, 1.82) is 0 Å². The highest BCUT2D eigenvalue weighted by molar-refractivity contribution is 7.89. The van der Waals surface area contributed by atoms with Gasteiger partial charge in [-0.1, -0.05) is 19.4 Å². The molecule has 22 heavy (non-hydrogen) atoms. The van der Waals surface area contributed by atoms with E-state index >= 15 is 0 Å². The fourth-order valence-corrected chi connectivity index (χ4v) is 3.31. The molecule has 0 spiro atoms. The zero-order valence-electron chi connectivity index (χ0n) is 13.0. The van der Waals surface area contributed by atoms with E-state index in [0.717, 1.165) is 30.2 Å². The number of nitrogens with zero attached hydrogens (tertiary/aromatic N) is 1. The van der Waals surface area contributed by atoms with Gasteiger partial charge in [0.2, 0.25) is 10.0 Å². The van der Waals surface area contributed by atoms with Crippen LogP contribution in [0.15, 0.2) is 41.6 Å². The monoisotopic (exact) mass is 321 g/mol. The molecule has 1 aromatic carbocycles. The Balaban J connectivity index is 2.02. The largest absolute Gasteiger partial charge is 0.313 e. The minimum Gasteiger partial charge on any atom is -0.313 e. The van der Waals surface area contributed by atoms with Crippen molar-refractivity contribution in [2.24, 2.45) is 0 Å². The van der Waals surface area contributed by atoms with Crippen LogP contribution in [0.3, 0.4) is 0 Å². The van der Waals surface area contributed by atoms with Gasteiger partial charge in [0, 0.05) is 30.4 Å². The van der Waals surface area contributed by atoms with Crippen LogP contribution in [0.5, 0.6) is 0 Å². The average Bonchev–Trinajstić information content (AvgIpc) is 2.53. The summed E-state index contributed by atoms with van der Waals surface area (Å²) in [4.78, 5) is 4.31. The van der Waals surface area contributed by atoms with E-state index in [0.29, 0.717) is 6.54 Å². The second-order valence-electron chi connectivity index (χ2n) is 5.45. The van der Waals surface area contributed by atoms with Gasteiger partial charge in [-0.05, 0) is 43.5 Å². The first kappa shape index (κ1) is 16.9. The molecule has 1 unspecified atom stereocenters. The smallest absolute Gasteiger partial charge is 0.240 e. The van der Waals surface area contributed by atoms with E-state index < -0.39 is 10.0 Å². The molecule has 2 N–H and O–H groups in total. The summed E-state index contributed by atoms with van der Waals surface area (Å²) in [5, 5.41) is 5.10. The molecule has 0 aliphatic carbocycles. The third-order valence-electron chi connectivity index (χ3n) is 3.53. The fourth-order valence-electron chi connectivity index (χ4n) is 2.14. The summed E-state index contributed by atoms with van der Waals surface area (Å²) >= 11 is 0. The van der Waals surface area contributed by atoms with Gasteiger partial charge in [0.05, 0.1) is 4.90 Å². The van der Waals surface area contributed by atoms with Crippen LogP contribution in [0.4, 0.5) is 0 Å². The molecule has 0 aliphatic rings. The number of unbranched alkanes of at least 4 members (excludes halogenated alkanes) is 1. The summed E-state index contributed by atoms with van der Waals surface area (Å²) in [6, 6.07) is 6.98. The van der Waals surface area contributed by atoms with Crippen LogP contribution >= 0.6 is 0 Å². The fraction of sp³-hybridized carbons (Fsp3) is 0.438. The van der Waals surface area contributed by atoms with Gasteiger partial charge in [-0.25, -0.2) is 13.1 Å². The zero-order valence-corrected chi connectivity index (χ0v) is 13.9. The number of fused-ring (bicyclic) bond motifs is 1. The highest BCUT2D eigenvalue weighted by Crippen LogP contribution is 2.17. The lowest BCUT2D eigenvalue weighted by molar-refractivity contribution is 0.515. The summed E-state index contributed by atoms with van der Waals surface area (Å²) in [6.07, 6.45) is 5.60. The van der Waals surface area contributed by atoms with Gasteiger partial charge in [0.15, 0.2) is 0 Å². The summed E-state index contributed by atoms with van der Waals surface area (Å²) in [6.45, 7) is 5.39. The lowest BCUT2D eigenvalue weighted by Crippen LogP contribution is -2.39. The van der Waals surface area contributed by atoms with Crippen molar-refractivity contribution in [3.63, 3.8) is 0 Å². The second kappa shape index (κ2) is 7.67. The minimum atomic E-state index is -3.49. The standard InChI is InChI=1S/C16H23N3O2S/c1-3-4-8-18-13(2)11-19-22(20,21)16-6-5-15-12-17-9-7-14(15)10-16/h5-7,9-10,12-13,18-19H,3-4,8,11H2,1-2H3. The molecule has 0 amide bonds. The van der Waals surface area contributed by atoms with Crippen LogP contribution in [-0.2, 0) is 10.0 Å². The average molecular weight is 321 g/mol. The third-order valence-corrected chi connectivity index (χ3v) is 4.95. The Morgan fingerprint density at radius 3 is 2.82 bits per heavy atom. The van der Waals surface area contributed by atoms with E-state index in [1.807, 2.05) is 13.0 Å². The van der Waals surface area contributed by atoms with E-state index in [2.05, 4.69) is 21.9 Å². The van der Waals surface area contributed by atoms with Crippen LogP contribution in [0.25, 0.3) is 10.8 Å². The number of nitrogens with one attached hydrogen (secondary N) is 2. The Hall–Kier alpha value is -1.50. The van der Waals surface area contributed by atoms with Crippen LogP contribution in [0, 0.1) is 0 Å². The van der Waals surface area contributed by atoms with Gasteiger partial charge < -0.3 is 5.32 Å². The molecule has 0 radical (unpaired) electrons. The van der Waals surface area contributed by atoms with Crippen molar-refractivity contribution >= 4 is 20.8 Å². The van der Waals surface area contributed by atoms with E-state index in [4.69, 9.17) is 0 Å². The molecule has 2 aromatic rings. The van der Waals surface area contributed by atoms with Gasteiger partial charge in [-0.3, -0.25) is 4.98 Å². The van der Waals surface area contributed by atoms with Crippen molar-refractivity contribution < 1.29 is 8.42 Å². The first-order chi connectivity index (χ1) is 10.5. The maximum Gasteiger partial charge on any atom is 0.240 e. The lowest BCUT2D eigenvalue weighted by atomic mass is 10.2. The van der Waals surface area contributed by atoms with Crippen LogP contribution < -0.4 is 10.0 Å². The Bertz CT molecular complexity index is 716. The summed E-state index contributed by atoms with van der Waals surface area (Å²) in [7, 11) is -3.49. The first-order valence-corrected chi connectivity index (χ1v) is 9.08. The predicted molar refractivity (Wildman–Crippen MR) is 89.3 cm³/mol. The molecule has 0 fully saturated rings. The Kier molecular flexibility index (Phi) is 5.88. The molecule has 1 atom stereocenters. The Morgan fingerprint density at radius 2 is 2.05 bits per heavy atom. The Morgan fingerprint density at radius 1 is 1.23 bits per heavy atom. The van der Waals surface area contributed by atoms with E-state index in [1.165, 1.54) is 0 Å². The highest BCUT2D eigenvalue weighted by atomic mass is 32.2. The predicted octanol–water partition coefficient (Wildman–Crippen LogP) is 2.29. The lowest BCUT2D eigenvalue weighted by Gasteiger charge is -2.15. The van der Waals surface area contributed by atoms with Crippen molar-refractivity contribution in [2.75, 3.05) is 13.1 Å². The second-order valence-corrected chi connectivity index (χ2v) is 7.21. The number of pyridine rings is 1. The van der Waals surface area contributed by atoms with Crippen LogP contribution in [-0.4, -0.2) is 32.5 Å². The van der Waals surface area contributed by atoms with Gasteiger partial charge >= 0.3 is 0 Å². The SMILES string of the molecule is CCCCNC(C)CNS(=O)(=O)c1ccc2cnccc2c1. The molecule has 2 rings (SSSR count). The summed E-state index contributed by atoms with van der Waals surface area (Å²) < 4.78 is 27.4. The molecule has 0 bridgehead atoms. The van der Waals surface area contributed by atoms with E-state index in [1.54, 1.807) is 30.6 Å².